The minimum Gasteiger partial charge on any atom is -0.469 e. The summed E-state index contributed by atoms with van der Waals surface area (Å²) in [6.45, 7) is 2.15. The number of carbonyl (C=O) groups is 1. The van der Waals surface area contributed by atoms with Gasteiger partial charge in [-0.25, -0.2) is 0 Å². The Hall–Kier alpha value is -0.570. The summed E-state index contributed by atoms with van der Waals surface area (Å²) in [6.07, 6.45) is 4.78. The average molecular weight is 188 g/mol. The molecule has 0 aliphatic heterocycles. The molecule has 0 unspecified atom stereocenters. The van der Waals surface area contributed by atoms with E-state index in [-0.39, 0.29) is 12.1 Å². The van der Waals surface area contributed by atoms with Gasteiger partial charge in [0.25, 0.3) is 0 Å². The summed E-state index contributed by atoms with van der Waals surface area (Å²) in [6, 6.07) is 0. The van der Waals surface area contributed by atoms with E-state index < -0.39 is 0 Å². The normalized spacial score (nSPS) is 12.5. The van der Waals surface area contributed by atoms with Gasteiger partial charge >= 0.3 is 5.97 Å². The van der Waals surface area contributed by atoms with Crippen LogP contribution in [0.25, 0.3) is 0 Å². The molecule has 0 rings (SSSR count). The monoisotopic (exact) mass is 188 g/mol. The lowest BCUT2D eigenvalue weighted by Crippen LogP contribution is -2.13. The number of esters is 1. The molecular formula is C10H20O3. The molecule has 0 saturated heterocycles. The Morgan fingerprint density at radius 2 is 2.00 bits per heavy atom. The first-order chi connectivity index (χ1) is 6.24. The molecule has 0 aromatic heterocycles. The van der Waals surface area contributed by atoms with E-state index in [0.717, 1.165) is 25.7 Å². The Morgan fingerprint density at radius 3 is 2.46 bits per heavy atom. The molecule has 0 aliphatic carbocycles. The van der Waals surface area contributed by atoms with Gasteiger partial charge in [-0.15, -0.1) is 0 Å². The first-order valence-electron chi connectivity index (χ1n) is 4.84. The number of methoxy groups -OCH3 is 2. The van der Waals surface area contributed by atoms with E-state index >= 15 is 0 Å². The molecule has 0 bridgehead atoms. The molecule has 13 heavy (non-hydrogen) atoms. The van der Waals surface area contributed by atoms with Crippen LogP contribution in [-0.2, 0) is 14.3 Å². The van der Waals surface area contributed by atoms with Crippen molar-refractivity contribution in [2.24, 2.45) is 0 Å². The standard InChI is InChI=1S/C10H20O3/c1-4-5-6-9(12-2)7-8-10(11)13-3/h9H,4-8H2,1-3H3/t9-/m1/s1. The molecule has 3 nitrogen and oxygen atoms in total. The van der Waals surface area contributed by atoms with E-state index in [0.29, 0.717) is 6.42 Å². The fourth-order valence-corrected chi connectivity index (χ4v) is 1.19. The predicted octanol–water partition coefficient (Wildman–Crippen LogP) is 2.14. The third-order valence-electron chi connectivity index (χ3n) is 2.11. The highest BCUT2D eigenvalue weighted by Crippen LogP contribution is 2.10. The molecule has 0 spiro atoms. The largest absolute Gasteiger partial charge is 0.469 e. The summed E-state index contributed by atoms with van der Waals surface area (Å²) >= 11 is 0. The van der Waals surface area contributed by atoms with Crippen LogP contribution in [0.5, 0.6) is 0 Å². The number of rotatable bonds is 7. The summed E-state index contributed by atoms with van der Waals surface area (Å²) in [4.78, 5) is 10.8. The molecule has 0 saturated carbocycles. The molecule has 3 heteroatoms. The van der Waals surface area contributed by atoms with Gasteiger partial charge in [-0.1, -0.05) is 19.8 Å². The Labute approximate surface area is 80.4 Å². The topological polar surface area (TPSA) is 35.5 Å². The van der Waals surface area contributed by atoms with E-state index in [4.69, 9.17) is 4.74 Å². The average Bonchev–Trinajstić information content (AvgIpc) is 2.17. The fourth-order valence-electron chi connectivity index (χ4n) is 1.19. The highest BCUT2D eigenvalue weighted by molar-refractivity contribution is 5.69. The predicted molar refractivity (Wildman–Crippen MR) is 51.6 cm³/mol. The van der Waals surface area contributed by atoms with Crippen molar-refractivity contribution in [1.82, 2.24) is 0 Å². The SMILES string of the molecule is CCCC[C@H](CCC(=O)OC)OC. The molecule has 0 aromatic carbocycles. The van der Waals surface area contributed by atoms with Gasteiger partial charge in [-0.3, -0.25) is 4.79 Å². The van der Waals surface area contributed by atoms with E-state index in [1.165, 1.54) is 7.11 Å². The molecule has 0 aliphatic rings. The molecule has 0 N–H and O–H groups in total. The molecular weight excluding hydrogens is 168 g/mol. The van der Waals surface area contributed by atoms with Gasteiger partial charge in [0.2, 0.25) is 0 Å². The quantitative estimate of drug-likeness (QED) is 0.574. The van der Waals surface area contributed by atoms with Gasteiger partial charge in [-0.05, 0) is 12.8 Å². The maximum absolute atomic E-state index is 10.8. The van der Waals surface area contributed by atoms with Crippen LogP contribution in [0.4, 0.5) is 0 Å². The molecule has 0 heterocycles. The fraction of sp³-hybridized carbons (Fsp3) is 0.900. The first kappa shape index (κ1) is 12.4. The van der Waals surface area contributed by atoms with Gasteiger partial charge < -0.3 is 9.47 Å². The number of carbonyl (C=O) groups excluding carboxylic acids is 1. The van der Waals surface area contributed by atoms with Crippen molar-refractivity contribution in [3.8, 4) is 0 Å². The Bertz CT molecular complexity index is 134. The van der Waals surface area contributed by atoms with Crippen LogP contribution < -0.4 is 0 Å². The maximum atomic E-state index is 10.8. The van der Waals surface area contributed by atoms with Crippen LogP contribution in [0.15, 0.2) is 0 Å². The van der Waals surface area contributed by atoms with E-state index in [9.17, 15) is 4.79 Å². The van der Waals surface area contributed by atoms with Crippen molar-refractivity contribution >= 4 is 5.97 Å². The second-order valence-corrected chi connectivity index (χ2v) is 3.11. The van der Waals surface area contributed by atoms with E-state index in [1.807, 2.05) is 0 Å². The number of hydrogen-bond donors (Lipinski definition) is 0. The highest BCUT2D eigenvalue weighted by Gasteiger charge is 2.09. The molecule has 0 fully saturated rings. The molecule has 78 valence electrons. The van der Waals surface area contributed by atoms with E-state index in [1.54, 1.807) is 7.11 Å². The minimum atomic E-state index is -0.154. The van der Waals surface area contributed by atoms with Crippen molar-refractivity contribution in [1.29, 1.82) is 0 Å². The first-order valence-corrected chi connectivity index (χ1v) is 4.84. The number of hydrogen-bond acceptors (Lipinski definition) is 3. The lowest BCUT2D eigenvalue weighted by Gasteiger charge is -2.13. The maximum Gasteiger partial charge on any atom is 0.305 e. The number of ether oxygens (including phenoxy) is 2. The van der Waals surface area contributed by atoms with Gasteiger partial charge in [0.15, 0.2) is 0 Å². The zero-order valence-corrected chi connectivity index (χ0v) is 8.84. The Kier molecular flexibility index (Phi) is 7.69. The van der Waals surface area contributed by atoms with Crippen molar-refractivity contribution < 1.29 is 14.3 Å². The van der Waals surface area contributed by atoms with E-state index in [2.05, 4.69) is 11.7 Å². The highest BCUT2D eigenvalue weighted by atomic mass is 16.5. The summed E-state index contributed by atoms with van der Waals surface area (Å²) in [5, 5.41) is 0. The van der Waals surface area contributed by atoms with Crippen molar-refractivity contribution in [2.75, 3.05) is 14.2 Å². The molecule has 0 amide bonds. The zero-order chi connectivity index (χ0) is 10.1. The third-order valence-corrected chi connectivity index (χ3v) is 2.11. The van der Waals surface area contributed by atoms with Crippen LogP contribution >= 0.6 is 0 Å². The second-order valence-electron chi connectivity index (χ2n) is 3.11. The molecule has 0 aromatic rings. The van der Waals surface area contributed by atoms with Crippen LogP contribution in [-0.4, -0.2) is 26.3 Å². The van der Waals surface area contributed by atoms with Gasteiger partial charge in [0.1, 0.15) is 0 Å². The van der Waals surface area contributed by atoms with Crippen LogP contribution in [0, 0.1) is 0 Å². The summed E-state index contributed by atoms with van der Waals surface area (Å²) < 4.78 is 9.79. The Morgan fingerprint density at radius 1 is 1.31 bits per heavy atom. The van der Waals surface area contributed by atoms with Gasteiger partial charge in [0, 0.05) is 13.5 Å². The summed E-state index contributed by atoms with van der Waals surface area (Å²) in [7, 11) is 3.10. The minimum absolute atomic E-state index is 0.154. The van der Waals surface area contributed by atoms with Gasteiger partial charge in [-0.2, -0.15) is 0 Å². The lowest BCUT2D eigenvalue weighted by atomic mass is 10.1. The van der Waals surface area contributed by atoms with Crippen molar-refractivity contribution in [2.45, 2.75) is 45.1 Å². The zero-order valence-electron chi connectivity index (χ0n) is 8.84. The molecule has 1 atom stereocenters. The number of unbranched alkanes of at least 4 members (excludes halogenated alkanes) is 1. The lowest BCUT2D eigenvalue weighted by molar-refractivity contribution is -0.141. The summed E-state index contributed by atoms with van der Waals surface area (Å²) in [5.41, 5.74) is 0. The van der Waals surface area contributed by atoms with Crippen molar-refractivity contribution in [3.63, 3.8) is 0 Å². The van der Waals surface area contributed by atoms with Crippen molar-refractivity contribution in [3.05, 3.63) is 0 Å². The molecule has 0 radical (unpaired) electrons. The third kappa shape index (κ3) is 6.58. The van der Waals surface area contributed by atoms with Crippen LogP contribution in [0.3, 0.4) is 0 Å². The van der Waals surface area contributed by atoms with Crippen LogP contribution in [0.2, 0.25) is 0 Å². The Balaban J connectivity index is 3.52. The second kappa shape index (κ2) is 8.05. The van der Waals surface area contributed by atoms with Crippen LogP contribution in [0.1, 0.15) is 39.0 Å². The summed E-state index contributed by atoms with van der Waals surface area (Å²) in [5.74, 6) is -0.154. The van der Waals surface area contributed by atoms with Gasteiger partial charge in [0.05, 0.1) is 13.2 Å². The smallest absolute Gasteiger partial charge is 0.305 e.